The molecule has 1 unspecified atom stereocenters. The van der Waals surface area contributed by atoms with Gasteiger partial charge in [0.25, 0.3) is 0 Å². The smallest absolute Gasteiger partial charge is 0.0624 e. The molecule has 2 aromatic carbocycles. The van der Waals surface area contributed by atoms with Crippen molar-refractivity contribution < 1.29 is 0 Å². The topological polar surface area (TPSA) is 38.0 Å². The van der Waals surface area contributed by atoms with Crippen LogP contribution in [-0.2, 0) is 6.42 Å². The normalized spacial score (nSPS) is 12.4. The molecule has 0 spiro atoms. The fourth-order valence-corrected chi connectivity index (χ4v) is 3.10. The average Bonchev–Trinajstić information content (AvgIpc) is 2.41. The van der Waals surface area contributed by atoms with Gasteiger partial charge in [-0.3, -0.25) is 11.3 Å². The molecule has 0 aliphatic rings. The van der Waals surface area contributed by atoms with Crippen molar-refractivity contribution in [3.8, 4) is 0 Å². The van der Waals surface area contributed by atoms with E-state index in [9.17, 15) is 0 Å². The summed E-state index contributed by atoms with van der Waals surface area (Å²) < 4.78 is 1.17. The molecule has 2 rings (SSSR count). The molecule has 0 aliphatic heterocycles. The quantitative estimate of drug-likeness (QED) is 0.450. The lowest BCUT2D eigenvalue weighted by Crippen LogP contribution is -2.30. The highest BCUT2D eigenvalue weighted by atomic mass is 127. The van der Waals surface area contributed by atoms with Crippen LogP contribution >= 0.6 is 45.8 Å². The number of benzene rings is 2. The molecule has 0 bridgehead atoms. The highest BCUT2D eigenvalue weighted by Gasteiger charge is 2.15. The highest BCUT2D eigenvalue weighted by molar-refractivity contribution is 14.1. The van der Waals surface area contributed by atoms with E-state index >= 15 is 0 Å². The third-order valence-electron chi connectivity index (χ3n) is 2.94. The van der Waals surface area contributed by atoms with Crippen LogP contribution in [0.3, 0.4) is 0 Å². The van der Waals surface area contributed by atoms with Gasteiger partial charge in [-0.2, -0.15) is 0 Å². The summed E-state index contributed by atoms with van der Waals surface area (Å²) in [6.07, 6.45) is 0.690. The van der Waals surface area contributed by atoms with E-state index in [0.29, 0.717) is 16.5 Å². The Kier molecular flexibility index (Phi) is 5.47. The minimum Gasteiger partial charge on any atom is -0.271 e. The third kappa shape index (κ3) is 3.61. The number of nitrogens with two attached hydrogens (primary N) is 1. The Labute approximate surface area is 136 Å². The molecular formula is C14H13Cl2IN2. The SMILES string of the molecule is NNC(Cc1cccc(Cl)c1Cl)c1ccccc1I. The second-order valence-corrected chi connectivity index (χ2v) is 6.11. The predicted molar refractivity (Wildman–Crippen MR) is 89.4 cm³/mol. The van der Waals surface area contributed by atoms with Crippen molar-refractivity contribution >= 4 is 45.8 Å². The largest absolute Gasteiger partial charge is 0.271 e. The van der Waals surface area contributed by atoms with Crippen molar-refractivity contribution in [2.45, 2.75) is 12.5 Å². The van der Waals surface area contributed by atoms with E-state index in [1.807, 2.05) is 24.3 Å². The van der Waals surface area contributed by atoms with Gasteiger partial charge in [-0.25, -0.2) is 0 Å². The van der Waals surface area contributed by atoms with Crippen LogP contribution in [0.5, 0.6) is 0 Å². The van der Waals surface area contributed by atoms with Gasteiger partial charge < -0.3 is 0 Å². The van der Waals surface area contributed by atoms with E-state index in [2.05, 4.69) is 40.1 Å². The molecule has 1 atom stereocenters. The van der Waals surface area contributed by atoms with Crippen LogP contribution in [0.2, 0.25) is 10.0 Å². The average molecular weight is 407 g/mol. The Bertz CT molecular complexity index is 575. The molecule has 0 amide bonds. The number of halogens is 3. The molecule has 100 valence electrons. The van der Waals surface area contributed by atoms with Crippen LogP contribution in [0.15, 0.2) is 42.5 Å². The molecule has 0 saturated heterocycles. The zero-order valence-electron chi connectivity index (χ0n) is 10.0. The summed E-state index contributed by atoms with van der Waals surface area (Å²) in [5, 5.41) is 1.16. The lowest BCUT2D eigenvalue weighted by Gasteiger charge is -2.19. The molecule has 19 heavy (non-hydrogen) atoms. The summed E-state index contributed by atoms with van der Waals surface area (Å²) >= 11 is 14.6. The maximum absolute atomic E-state index is 6.22. The van der Waals surface area contributed by atoms with Crippen LogP contribution in [0, 0.1) is 3.57 Å². The van der Waals surface area contributed by atoms with E-state index in [0.717, 1.165) is 11.1 Å². The first-order chi connectivity index (χ1) is 9.13. The van der Waals surface area contributed by atoms with Gasteiger partial charge in [0.15, 0.2) is 0 Å². The summed E-state index contributed by atoms with van der Waals surface area (Å²) in [7, 11) is 0. The number of hydrogen-bond donors (Lipinski definition) is 2. The Morgan fingerprint density at radius 1 is 1.11 bits per heavy atom. The number of rotatable bonds is 4. The summed E-state index contributed by atoms with van der Waals surface area (Å²) in [5.74, 6) is 5.68. The van der Waals surface area contributed by atoms with Gasteiger partial charge in [0, 0.05) is 3.57 Å². The van der Waals surface area contributed by atoms with Crippen molar-refractivity contribution in [1.82, 2.24) is 5.43 Å². The maximum Gasteiger partial charge on any atom is 0.0624 e. The Balaban J connectivity index is 2.30. The van der Waals surface area contributed by atoms with Gasteiger partial charge >= 0.3 is 0 Å². The first kappa shape index (κ1) is 15.1. The Morgan fingerprint density at radius 2 is 1.84 bits per heavy atom. The summed E-state index contributed by atoms with van der Waals surface area (Å²) in [4.78, 5) is 0. The van der Waals surface area contributed by atoms with Crippen molar-refractivity contribution in [1.29, 1.82) is 0 Å². The first-order valence-electron chi connectivity index (χ1n) is 5.77. The fourth-order valence-electron chi connectivity index (χ4n) is 1.94. The zero-order valence-corrected chi connectivity index (χ0v) is 13.7. The standard InChI is InChI=1S/C14H13Cl2IN2/c15-11-6-3-4-9(14(11)16)8-13(19-18)10-5-1-2-7-12(10)17/h1-7,13,19H,8,18H2. The van der Waals surface area contributed by atoms with E-state index in [-0.39, 0.29) is 6.04 Å². The van der Waals surface area contributed by atoms with Crippen molar-refractivity contribution in [3.05, 3.63) is 67.2 Å². The highest BCUT2D eigenvalue weighted by Crippen LogP contribution is 2.30. The summed E-state index contributed by atoms with van der Waals surface area (Å²) in [6, 6.07) is 13.8. The molecule has 0 fully saturated rings. The van der Waals surface area contributed by atoms with Crippen LogP contribution in [0.25, 0.3) is 0 Å². The van der Waals surface area contributed by atoms with Crippen LogP contribution < -0.4 is 11.3 Å². The number of hydrazine groups is 1. The maximum atomic E-state index is 6.22. The fraction of sp³-hybridized carbons (Fsp3) is 0.143. The summed E-state index contributed by atoms with van der Waals surface area (Å²) in [6.45, 7) is 0. The lowest BCUT2D eigenvalue weighted by molar-refractivity contribution is 0.550. The Morgan fingerprint density at radius 3 is 2.53 bits per heavy atom. The second-order valence-electron chi connectivity index (χ2n) is 4.16. The van der Waals surface area contributed by atoms with Crippen molar-refractivity contribution in [2.24, 2.45) is 5.84 Å². The van der Waals surface area contributed by atoms with E-state index in [1.54, 1.807) is 6.07 Å². The second kappa shape index (κ2) is 6.90. The first-order valence-corrected chi connectivity index (χ1v) is 7.60. The molecule has 0 radical (unpaired) electrons. The Hall–Kier alpha value is -0.330. The van der Waals surface area contributed by atoms with Crippen molar-refractivity contribution in [2.75, 3.05) is 0 Å². The molecule has 0 aromatic heterocycles. The molecule has 0 heterocycles. The minimum atomic E-state index is 0.00377. The predicted octanol–water partition coefficient (Wildman–Crippen LogP) is 4.35. The molecule has 0 aliphatic carbocycles. The molecule has 3 N–H and O–H groups in total. The monoisotopic (exact) mass is 406 g/mol. The number of nitrogens with one attached hydrogen (secondary N) is 1. The van der Waals surface area contributed by atoms with Gasteiger partial charge in [0.1, 0.15) is 0 Å². The van der Waals surface area contributed by atoms with Crippen LogP contribution in [0.4, 0.5) is 0 Å². The van der Waals surface area contributed by atoms with Gasteiger partial charge in [0.2, 0.25) is 0 Å². The zero-order chi connectivity index (χ0) is 13.8. The minimum absolute atomic E-state index is 0.00377. The van der Waals surface area contributed by atoms with Crippen molar-refractivity contribution in [3.63, 3.8) is 0 Å². The molecule has 2 aromatic rings. The molecule has 0 saturated carbocycles. The molecular weight excluding hydrogens is 394 g/mol. The third-order valence-corrected chi connectivity index (χ3v) is 4.78. The number of hydrogen-bond acceptors (Lipinski definition) is 2. The van der Waals surface area contributed by atoms with Gasteiger partial charge in [-0.05, 0) is 52.3 Å². The molecule has 5 heteroatoms. The lowest BCUT2D eigenvalue weighted by atomic mass is 9.99. The van der Waals surface area contributed by atoms with Crippen LogP contribution in [-0.4, -0.2) is 0 Å². The van der Waals surface area contributed by atoms with Gasteiger partial charge in [-0.1, -0.05) is 53.5 Å². The summed E-state index contributed by atoms with van der Waals surface area (Å²) in [5.41, 5.74) is 4.99. The van der Waals surface area contributed by atoms with E-state index < -0.39 is 0 Å². The van der Waals surface area contributed by atoms with Crippen LogP contribution in [0.1, 0.15) is 17.2 Å². The van der Waals surface area contributed by atoms with Gasteiger partial charge in [0.05, 0.1) is 16.1 Å². The van der Waals surface area contributed by atoms with Gasteiger partial charge in [-0.15, -0.1) is 0 Å². The van der Waals surface area contributed by atoms with E-state index in [4.69, 9.17) is 29.0 Å². The van der Waals surface area contributed by atoms with E-state index in [1.165, 1.54) is 3.57 Å². The molecule has 2 nitrogen and oxygen atoms in total.